The molecule has 0 aliphatic heterocycles. The van der Waals surface area contributed by atoms with Crippen molar-refractivity contribution in [3.8, 4) is 5.75 Å². The van der Waals surface area contributed by atoms with E-state index in [1.807, 2.05) is 38.1 Å². The van der Waals surface area contributed by atoms with Gasteiger partial charge in [0.1, 0.15) is 5.75 Å². The topological polar surface area (TPSA) is 64.4 Å². The number of hydrogen-bond acceptors (Lipinski definition) is 3. The van der Waals surface area contributed by atoms with Gasteiger partial charge in [0.25, 0.3) is 0 Å². The summed E-state index contributed by atoms with van der Waals surface area (Å²) < 4.78 is 5.16. The lowest BCUT2D eigenvalue weighted by Gasteiger charge is -2.16. The smallest absolute Gasteiger partial charge is 0.222 e. The fourth-order valence-electron chi connectivity index (χ4n) is 1.68. The van der Waals surface area contributed by atoms with E-state index in [1.54, 1.807) is 7.11 Å². The quantitative estimate of drug-likeness (QED) is 0.811. The van der Waals surface area contributed by atoms with Gasteiger partial charge in [0.15, 0.2) is 0 Å². The third-order valence-electron chi connectivity index (χ3n) is 2.94. The number of methoxy groups -OCH3 is 1. The lowest BCUT2D eigenvalue weighted by Crippen LogP contribution is -2.32. The van der Waals surface area contributed by atoms with Gasteiger partial charge in [-0.15, -0.1) is 0 Å². The van der Waals surface area contributed by atoms with E-state index in [0.717, 1.165) is 17.7 Å². The SMILES string of the molecule is CCC(N)CC(=O)N[C@@H](C)c1cccc(OC)c1. The standard InChI is InChI=1S/C14H22N2O2/c1-4-12(15)9-14(17)16-10(2)11-6-5-7-13(8-11)18-3/h5-8,10,12H,4,9,15H2,1-3H3,(H,16,17)/t10-,12?/m0/s1. The molecule has 0 aliphatic rings. The second-order valence-corrected chi connectivity index (χ2v) is 4.44. The van der Waals surface area contributed by atoms with Crippen molar-refractivity contribution in [1.82, 2.24) is 5.32 Å². The largest absolute Gasteiger partial charge is 0.497 e. The van der Waals surface area contributed by atoms with E-state index in [1.165, 1.54) is 0 Å². The van der Waals surface area contributed by atoms with E-state index in [4.69, 9.17) is 10.5 Å². The molecule has 0 bridgehead atoms. The molecule has 1 aromatic rings. The lowest BCUT2D eigenvalue weighted by atomic mass is 10.1. The first-order valence-corrected chi connectivity index (χ1v) is 6.25. The van der Waals surface area contributed by atoms with Gasteiger partial charge in [-0.05, 0) is 31.0 Å². The van der Waals surface area contributed by atoms with Crippen LogP contribution >= 0.6 is 0 Å². The van der Waals surface area contributed by atoms with Crippen molar-refractivity contribution in [1.29, 1.82) is 0 Å². The molecule has 0 saturated heterocycles. The van der Waals surface area contributed by atoms with Crippen LogP contribution in [-0.4, -0.2) is 19.1 Å². The minimum atomic E-state index is -0.0671. The van der Waals surface area contributed by atoms with Crippen molar-refractivity contribution in [2.75, 3.05) is 7.11 Å². The number of rotatable bonds is 6. The minimum Gasteiger partial charge on any atom is -0.497 e. The molecule has 1 aromatic carbocycles. The molecule has 0 fully saturated rings. The third kappa shape index (κ3) is 4.37. The van der Waals surface area contributed by atoms with Crippen LogP contribution in [0.1, 0.15) is 38.3 Å². The highest BCUT2D eigenvalue weighted by molar-refractivity contribution is 5.77. The highest BCUT2D eigenvalue weighted by Crippen LogP contribution is 2.18. The van der Waals surface area contributed by atoms with Gasteiger partial charge in [0.2, 0.25) is 5.91 Å². The Balaban J connectivity index is 2.58. The zero-order valence-electron chi connectivity index (χ0n) is 11.3. The molecule has 1 rings (SSSR count). The van der Waals surface area contributed by atoms with Crippen LogP contribution in [0, 0.1) is 0 Å². The summed E-state index contributed by atoms with van der Waals surface area (Å²) in [5, 5.41) is 2.94. The molecule has 4 nitrogen and oxygen atoms in total. The summed E-state index contributed by atoms with van der Waals surface area (Å²) in [6.07, 6.45) is 1.17. The normalized spacial score (nSPS) is 13.8. The molecule has 0 saturated carbocycles. The molecule has 0 spiro atoms. The molecule has 4 heteroatoms. The Morgan fingerprint density at radius 1 is 1.50 bits per heavy atom. The van der Waals surface area contributed by atoms with Crippen molar-refractivity contribution in [2.24, 2.45) is 5.73 Å². The van der Waals surface area contributed by atoms with Gasteiger partial charge in [-0.3, -0.25) is 4.79 Å². The van der Waals surface area contributed by atoms with Crippen molar-refractivity contribution >= 4 is 5.91 Å². The summed E-state index contributed by atoms with van der Waals surface area (Å²) >= 11 is 0. The first-order valence-electron chi connectivity index (χ1n) is 6.25. The number of benzene rings is 1. The van der Waals surface area contributed by atoms with Gasteiger partial charge in [-0.1, -0.05) is 19.1 Å². The predicted octanol–water partition coefficient (Wildman–Crippen LogP) is 2.00. The summed E-state index contributed by atoms with van der Waals surface area (Å²) in [5.74, 6) is 0.776. The van der Waals surface area contributed by atoms with Crippen molar-refractivity contribution < 1.29 is 9.53 Å². The van der Waals surface area contributed by atoms with E-state index >= 15 is 0 Å². The minimum absolute atomic E-state index is 0.0142. The number of amides is 1. The maximum absolute atomic E-state index is 11.7. The number of nitrogens with one attached hydrogen (secondary N) is 1. The number of ether oxygens (including phenoxy) is 1. The first kappa shape index (κ1) is 14.5. The number of hydrogen-bond donors (Lipinski definition) is 2. The molecule has 0 aliphatic carbocycles. The number of carbonyl (C=O) groups is 1. The van der Waals surface area contributed by atoms with Crippen LogP contribution in [0.15, 0.2) is 24.3 Å². The van der Waals surface area contributed by atoms with Gasteiger partial charge in [0.05, 0.1) is 13.2 Å². The van der Waals surface area contributed by atoms with Gasteiger partial charge >= 0.3 is 0 Å². The summed E-state index contributed by atoms with van der Waals surface area (Å²) in [6, 6.07) is 7.57. The van der Waals surface area contributed by atoms with Crippen molar-refractivity contribution in [2.45, 2.75) is 38.8 Å². The summed E-state index contributed by atoms with van der Waals surface area (Å²) in [4.78, 5) is 11.7. The van der Waals surface area contributed by atoms with Crippen LogP contribution < -0.4 is 15.8 Å². The second kappa shape index (κ2) is 7.01. The van der Waals surface area contributed by atoms with Gasteiger partial charge < -0.3 is 15.8 Å². The van der Waals surface area contributed by atoms with Gasteiger partial charge in [-0.2, -0.15) is 0 Å². The molecular weight excluding hydrogens is 228 g/mol. The van der Waals surface area contributed by atoms with E-state index in [2.05, 4.69) is 5.32 Å². The zero-order chi connectivity index (χ0) is 13.5. The summed E-state index contributed by atoms with van der Waals surface area (Å²) in [7, 11) is 1.63. The Bertz CT molecular complexity index is 393. The molecule has 3 N–H and O–H groups in total. The van der Waals surface area contributed by atoms with E-state index < -0.39 is 0 Å². The maximum Gasteiger partial charge on any atom is 0.222 e. The van der Waals surface area contributed by atoms with Crippen LogP contribution in [0.4, 0.5) is 0 Å². The van der Waals surface area contributed by atoms with E-state index in [0.29, 0.717) is 6.42 Å². The average Bonchev–Trinajstić information content (AvgIpc) is 2.38. The monoisotopic (exact) mass is 250 g/mol. The Labute approximate surface area is 109 Å². The van der Waals surface area contributed by atoms with Crippen LogP contribution in [0.5, 0.6) is 5.75 Å². The highest BCUT2D eigenvalue weighted by Gasteiger charge is 2.12. The van der Waals surface area contributed by atoms with Crippen LogP contribution in [0.2, 0.25) is 0 Å². The van der Waals surface area contributed by atoms with Crippen molar-refractivity contribution in [3.63, 3.8) is 0 Å². The van der Waals surface area contributed by atoms with E-state index in [9.17, 15) is 4.79 Å². The highest BCUT2D eigenvalue weighted by atomic mass is 16.5. The molecular formula is C14H22N2O2. The summed E-state index contributed by atoms with van der Waals surface area (Å²) in [6.45, 7) is 3.92. The second-order valence-electron chi connectivity index (χ2n) is 4.44. The Morgan fingerprint density at radius 3 is 2.83 bits per heavy atom. The van der Waals surface area contributed by atoms with Crippen LogP contribution in [-0.2, 0) is 4.79 Å². The molecule has 1 unspecified atom stereocenters. The Kier molecular flexibility index (Phi) is 5.65. The first-order chi connectivity index (χ1) is 8.56. The molecule has 0 radical (unpaired) electrons. The van der Waals surface area contributed by atoms with Crippen molar-refractivity contribution in [3.05, 3.63) is 29.8 Å². The fraction of sp³-hybridized carbons (Fsp3) is 0.500. The maximum atomic E-state index is 11.7. The number of carbonyl (C=O) groups excluding carboxylic acids is 1. The number of nitrogens with two attached hydrogens (primary N) is 1. The molecule has 2 atom stereocenters. The fourth-order valence-corrected chi connectivity index (χ4v) is 1.68. The molecule has 1 amide bonds. The average molecular weight is 250 g/mol. The molecule has 0 heterocycles. The van der Waals surface area contributed by atoms with Crippen LogP contribution in [0.25, 0.3) is 0 Å². The van der Waals surface area contributed by atoms with Gasteiger partial charge in [0, 0.05) is 12.5 Å². The Hall–Kier alpha value is -1.55. The summed E-state index contributed by atoms with van der Waals surface area (Å²) in [5.41, 5.74) is 6.77. The van der Waals surface area contributed by atoms with E-state index in [-0.39, 0.29) is 18.0 Å². The lowest BCUT2D eigenvalue weighted by molar-refractivity contribution is -0.122. The van der Waals surface area contributed by atoms with Crippen LogP contribution in [0.3, 0.4) is 0 Å². The third-order valence-corrected chi connectivity index (χ3v) is 2.94. The molecule has 0 aromatic heterocycles. The predicted molar refractivity (Wildman–Crippen MR) is 72.4 cm³/mol. The molecule has 18 heavy (non-hydrogen) atoms. The van der Waals surface area contributed by atoms with Gasteiger partial charge in [-0.25, -0.2) is 0 Å². The molecule has 100 valence electrons. The zero-order valence-corrected chi connectivity index (χ0v) is 11.3. The Morgan fingerprint density at radius 2 is 2.22 bits per heavy atom.